The molecule has 0 aromatic heterocycles. The maximum atomic E-state index is 6.17. The molecule has 1 unspecified atom stereocenters. The van der Waals surface area contributed by atoms with Crippen LogP contribution in [0, 0.1) is 11.3 Å². The summed E-state index contributed by atoms with van der Waals surface area (Å²) in [4.78, 5) is 2.57. The van der Waals surface area contributed by atoms with Crippen molar-refractivity contribution in [1.29, 1.82) is 0 Å². The third-order valence-corrected chi connectivity index (χ3v) is 4.97. The van der Waals surface area contributed by atoms with E-state index in [1.807, 2.05) is 0 Å². The first kappa shape index (κ1) is 13.4. The fourth-order valence-electron chi connectivity index (χ4n) is 3.12. The predicted octanol–water partition coefficient (Wildman–Crippen LogP) is 3.01. The van der Waals surface area contributed by atoms with E-state index in [-0.39, 0.29) is 0 Å². The lowest BCUT2D eigenvalue weighted by Crippen LogP contribution is -2.39. The molecule has 2 aliphatic carbocycles. The summed E-state index contributed by atoms with van der Waals surface area (Å²) in [6.07, 6.45) is 9.48. The molecule has 2 N–H and O–H groups in total. The quantitative estimate of drug-likeness (QED) is 0.798. The van der Waals surface area contributed by atoms with E-state index in [9.17, 15) is 0 Å². The number of hydrogen-bond acceptors (Lipinski definition) is 2. The first-order chi connectivity index (χ1) is 7.98. The highest BCUT2D eigenvalue weighted by atomic mass is 15.1. The lowest BCUT2D eigenvalue weighted by atomic mass is 9.75. The third kappa shape index (κ3) is 3.96. The van der Waals surface area contributed by atoms with E-state index >= 15 is 0 Å². The molecule has 0 aromatic carbocycles. The average Bonchev–Trinajstić information content (AvgIpc) is 3.09. The van der Waals surface area contributed by atoms with Crippen LogP contribution in [0.15, 0.2) is 0 Å². The van der Waals surface area contributed by atoms with Gasteiger partial charge in [0.15, 0.2) is 0 Å². The van der Waals surface area contributed by atoms with Gasteiger partial charge in [-0.15, -0.1) is 0 Å². The van der Waals surface area contributed by atoms with Gasteiger partial charge in [-0.05, 0) is 69.9 Å². The van der Waals surface area contributed by atoms with Crippen LogP contribution in [0.5, 0.6) is 0 Å². The first-order valence-electron chi connectivity index (χ1n) is 7.44. The fraction of sp³-hybridized carbons (Fsp3) is 1.00. The van der Waals surface area contributed by atoms with E-state index in [2.05, 4.69) is 25.8 Å². The Morgan fingerprint density at radius 1 is 1.18 bits per heavy atom. The standard InChI is InChI=1S/C15H30N2/c1-15(2)9-6-13(7-10-15)17(3)11-8-14(16)12-4-5-12/h12-14H,4-11,16H2,1-3H3. The molecular formula is C15H30N2. The van der Waals surface area contributed by atoms with Crippen molar-refractivity contribution in [3.8, 4) is 0 Å². The second-order valence-electron chi connectivity index (χ2n) is 7.17. The van der Waals surface area contributed by atoms with Gasteiger partial charge in [0.05, 0.1) is 0 Å². The van der Waals surface area contributed by atoms with Crippen LogP contribution in [-0.4, -0.2) is 30.6 Å². The van der Waals surface area contributed by atoms with Gasteiger partial charge in [-0.25, -0.2) is 0 Å². The van der Waals surface area contributed by atoms with Crippen molar-refractivity contribution in [2.24, 2.45) is 17.1 Å². The molecule has 100 valence electrons. The Hall–Kier alpha value is -0.0800. The van der Waals surface area contributed by atoms with E-state index in [4.69, 9.17) is 5.73 Å². The Labute approximate surface area is 107 Å². The zero-order valence-corrected chi connectivity index (χ0v) is 11.9. The van der Waals surface area contributed by atoms with Gasteiger partial charge < -0.3 is 10.6 Å². The maximum Gasteiger partial charge on any atom is 0.00926 e. The zero-order valence-electron chi connectivity index (χ0n) is 11.9. The van der Waals surface area contributed by atoms with Gasteiger partial charge >= 0.3 is 0 Å². The second kappa shape index (κ2) is 5.27. The molecule has 2 heteroatoms. The molecule has 2 nitrogen and oxygen atoms in total. The molecule has 0 aromatic rings. The SMILES string of the molecule is CN(CCC(N)C1CC1)C1CCC(C)(C)CC1. The Bertz CT molecular complexity index is 235. The van der Waals surface area contributed by atoms with Crippen molar-refractivity contribution in [3.63, 3.8) is 0 Å². The van der Waals surface area contributed by atoms with E-state index in [0.29, 0.717) is 11.5 Å². The topological polar surface area (TPSA) is 29.3 Å². The van der Waals surface area contributed by atoms with Gasteiger partial charge in [0, 0.05) is 12.1 Å². The number of nitrogens with two attached hydrogens (primary N) is 1. The summed E-state index contributed by atoms with van der Waals surface area (Å²) in [5, 5.41) is 0. The summed E-state index contributed by atoms with van der Waals surface area (Å²) in [5.41, 5.74) is 6.76. The van der Waals surface area contributed by atoms with E-state index < -0.39 is 0 Å². The third-order valence-electron chi connectivity index (χ3n) is 4.97. The van der Waals surface area contributed by atoms with E-state index in [1.165, 1.54) is 51.5 Å². The molecule has 2 fully saturated rings. The van der Waals surface area contributed by atoms with Gasteiger partial charge in [0.25, 0.3) is 0 Å². The van der Waals surface area contributed by atoms with Gasteiger partial charge in [-0.3, -0.25) is 0 Å². The van der Waals surface area contributed by atoms with Crippen molar-refractivity contribution in [2.45, 2.75) is 70.9 Å². The van der Waals surface area contributed by atoms with Gasteiger partial charge in [-0.1, -0.05) is 13.8 Å². The molecule has 2 rings (SSSR count). The lowest BCUT2D eigenvalue weighted by molar-refractivity contribution is 0.124. The summed E-state index contributed by atoms with van der Waals surface area (Å²) >= 11 is 0. The zero-order chi connectivity index (χ0) is 12.5. The summed E-state index contributed by atoms with van der Waals surface area (Å²) in [7, 11) is 2.29. The van der Waals surface area contributed by atoms with Crippen LogP contribution in [0.3, 0.4) is 0 Å². The number of hydrogen-bond donors (Lipinski definition) is 1. The monoisotopic (exact) mass is 238 g/mol. The smallest absolute Gasteiger partial charge is 0.00926 e. The minimum atomic E-state index is 0.470. The van der Waals surface area contributed by atoms with Crippen molar-refractivity contribution in [3.05, 3.63) is 0 Å². The number of nitrogens with zero attached hydrogens (tertiary/aromatic N) is 1. The molecule has 0 amide bonds. The molecule has 17 heavy (non-hydrogen) atoms. The Morgan fingerprint density at radius 2 is 1.76 bits per heavy atom. The van der Waals surface area contributed by atoms with Crippen LogP contribution in [0.1, 0.15) is 58.8 Å². The fourth-order valence-corrected chi connectivity index (χ4v) is 3.12. The highest BCUT2D eigenvalue weighted by molar-refractivity contribution is 4.86. The molecule has 2 saturated carbocycles. The van der Waals surface area contributed by atoms with Gasteiger partial charge in [-0.2, -0.15) is 0 Å². The maximum absolute atomic E-state index is 6.17. The molecular weight excluding hydrogens is 208 g/mol. The highest BCUT2D eigenvalue weighted by Crippen LogP contribution is 2.37. The largest absolute Gasteiger partial charge is 0.327 e. The summed E-state index contributed by atoms with van der Waals surface area (Å²) in [6, 6.07) is 1.28. The molecule has 0 radical (unpaired) electrons. The molecule has 1 atom stereocenters. The first-order valence-corrected chi connectivity index (χ1v) is 7.44. The molecule has 0 spiro atoms. The summed E-state index contributed by atoms with van der Waals surface area (Å²) < 4.78 is 0. The van der Waals surface area contributed by atoms with Crippen LogP contribution in [0.2, 0.25) is 0 Å². The summed E-state index contributed by atoms with van der Waals surface area (Å²) in [6.45, 7) is 6.02. The molecule has 0 bridgehead atoms. The second-order valence-corrected chi connectivity index (χ2v) is 7.17. The van der Waals surface area contributed by atoms with Gasteiger partial charge in [0.2, 0.25) is 0 Å². The van der Waals surface area contributed by atoms with Crippen molar-refractivity contribution in [2.75, 3.05) is 13.6 Å². The van der Waals surface area contributed by atoms with E-state index in [1.54, 1.807) is 0 Å². The van der Waals surface area contributed by atoms with Crippen LogP contribution < -0.4 is 5.73 Å². The minimum Gasteiger partial charge on any atom is -0.327 e. The average molecular weight is 238 g/mol. The van der Waals surface area contributed by atoms with Crippen molar-refractivity contribution >= 4 is 0 Å². The molecule has 0 saturated heterocycles. The Morgan fingerprint density at radius 3 is 2.29 bits per heavy atom. The van der Waals surface area contributed by atoms with Crippen molar-refractivity contribution < 1.29 is 0 Å². The van der Waals surface area contributed by atoms with Crippen LogP contribution in [0.25, 0.3) is 0 Å². The molecule has 0 heterocycles. The molecule has 0 aliphatic heterocycles. The normalized spacial score (nSPS) is 27.4. The van der Waals surface area contributed by atoms with Crippen molar-refractivity contribution in [1.82, 2.24) is 4.90 Å². The predicted molar refractivity (Wildman–Crippen MR) is 74.0 cm³/mol. The van der Waals surface area contributed by atoms with Crippen LogP contribution >= 0.6 is 0 Å². The summed E-state index contributed by atoms with van der Waals surface area (Å²) in [5.74, 6) is 0.855. The highest BCUT2D eigenvalue weighted by Gasteiger charge is 2.31. The van der Waals surface area contributed by atoms with E-state index in [0.717, 1.165) is 12.0 Å². The van der Waals surface area contributed by atoms with Gasteiger partial charge in [0.1, 0.15) is 0 Å². The molecule has 2 aliphatic rings. The minimum absolute atomic E-state index is 0.470. The Balaban J connectivity index is 1.67. The van der Waals surface area contributed by atoms with Crippen LogP contribution in [-0.2, 0) is 0 Å². The Kier molecular flexibility index (Phi) is 4.14. The van der Waals surface area contributed by atoms with Crippen LogP contribution in [0.4, 0.5) is 0 Å². The number of rotatable bonds is 5. The lowest BCUT2D eigenvalue weighted by Gasteiger charge is -2.39.